The molecule has 1 spiro atoms. The smallest absolute Gasteiger partial charge is 0.0754 e. The molecule has 0 saturated carbocycles. The maximum Gasteiger partial charge on any atom is 0.0754 e. The molecule has 40 heavy (non-hydrogen) atoms. The zero-order chi connectivity index (χ0) is 26.7. The van der Waals surface area contributed by atoms with Gasteiger partial charge in [0.2, 0.25) is 0 Å². The van der Waals surface area contributed by atoms with E-state index in [0.29, 0.717) is 0 Å². The highest BCUT2D eigenvalue weighted by Crippen LogP contribution is 2.63. The van der Waals surface area contributed by atoms with E-state index < -0.39 is 5.41 Å². The molecule has 188 valence electrons. The van der Waals surface area contributed by atoms with Crippen molar-refractivity contribution < 1.29 is 0 Å². The Morgan fingerprint density at radius 3 is 1.73 bits per heavy atom. The van der Waals surface area contributed by atoms with Gasteiger partial charge in [0, 0.05) is 11.9 Å². The molecule has 2 nitrogen and oxygen atoms in total. The Balaban J connectivity index is 1.51. The second-order valence-electron chi connectivity index (χ2n) is 10.5. The summed E-state index contributed by atoms with van der Waals surface area (Å²) in [5.41, 5.74) is 13.9. The number of hydrogen-bond donors (Lipinski definition) is 1. The fraction of sp³-hybridized carbons (Fsp3) is 0.0263. The third kappa shape index (κ3) is 2.96. The summed E-state index contributed by atoms with van der Waals surface area (Å²) in [5.74, 6) is 0. The van der Waals surface area contributed by atoms with E-state index in [-0.39, 0.29) is 0 Å². The van der Waals surface area contributed by atoms with E-state index in [2.05, 4.69) is 138 Å². The van der Waals surface area contributed by atoms with Crippen LogP contribution in [0.5, 0.6) is 0 Å². The van der Waals surface area contributed by atoms with E-state index in [4.69, 9.17) is 5.41 Å². The minimum absolute atomic E-state index is 0.472. The van der Waals surface area contributed by atoms with Crippen molar-refractivity contribution in [2.24, 2.45) is 0 Å². The molecule has 0 fully saturated rings. The second-order valence-corrected chi connectivity index (χ2v) is 10.5. The van der Waals surface area contributed by atoms with E-state index in [1.54, 1.807) is 0 Å². The van der Waals surface area contributed by atoms with Crippen LogP contribution in [0.15, 0.2) is 146 Å². The summed E-state index contributed by atoms with van der Waals surface area (Å²) in [6.07, 6.45) is 1.45. The number of para-hydroxylation sites is 3. The topological polar surface area (TPSA) is 27.1 Å². The fourth-order valence-corrected chi connectivity index (χ4v) is 7.01. The summed E-state index contributed by atoms with van der Waals surface area (Å²) >= 11 is 0. The van der Waals surface area contributed by atoms with E-state index >= 15 is 0 Å². The Morgan fingerprint density at radius 1 is 0.475 bits per heavy atom. The Morgan fingerprint density at radius 2 is 1.02 bits per heavy atom. The van der Waals surface area contributed by atoms with Crippen LogP contribution in [0.25, 0.3) is 22.3 Å². The Bertz CT molecular complexity index is 1890. The maximum absolute atomic E-state index is 8.05. The molecule has 0 radical (unpaired) electrons. The van der Waals surface area contributed by atoms with E-state index in [0.717, 1.165) is 22.4 Å². The third-order valence-electron chi connectivity index (χ3n) is 8.58. The zero-order valence-electron chi connectivity index (χ0n) is 21.9. The van der Waals surface area contributed by atoms with Crippen molar-refractivity contribution in [1.29, 1.82) is 5.41 Å². The lowest BCUT2D eigenvalue weighted by atomic mass is 9.64. The van der Waals surface area contributed by atoms with Crippen LogP contribution >= 0.6 is 0 Å². The Kier molecular flexibility index (Phi) is 4.92. The van der Waals surface area contributed by atoms with Crippen LogP contribution in [0.4, 0.5) is 17.1 Å². The molecule has 1 N–H and O–H groups in total. The summed E-state index contributed by atoms with van der Waals surface area (Å²) in [6.45, 7) is 0. The monoisotopic (exact) mass is 510 g/mol. The highest BCUT2D eigenvalue weighted by Gasteiger charge is 2.51. The Hall–Kier alpha value is -5.21. The normalized spacial score (nSPS) is 13.8. The largest absolute Gasteiger partial charge is 0.310 e. The lowest BCUT2D eigenvalue weighted by molar-refractivity contribution is 0.753. The predicted octanol–water partition coefficient (Wildman–Crippen LogP) is 9.50. The molecule has 0 amide bonds. The van der Waals surface area contributed by atoms with Gasteiger partial charge in [0.25, 0.3) is 0 Å². The highest BCUT2D eigenvalue weighted by molar-refractivity contribution is 5.97. The number of nitrogens with one attached hydrogen (secondary N) is 1. The molecule has 6 aromatic carbocycles. The zero-order valence-corrected chi connectivity index (χ0v) is 21.9. The molecular formula is C38H26N2. The van der Waals surface area contributed by atoms with Gasteiger partial charge in [-0.1, -0.05) is 115 Å². The van der Waals surface area contributed by atoms with Gasteiger partial charge < -0.3 is 10.3 Å². The molecule has 0 saturated heterocycles. The quantitative estimate of drug-likeness (QED) is 0.235. The first-order valence-electron chi connectivity index (χ1n) is 13.7. The van der Waals surface area contributed by atoms with Crippen LogP contribution in [0.1, 0.15) is 27.8 Å². The third-order valence-corrected chi connectivity index (χ3v) is 8.58. The molecule has 6 aromatic rings. The highest BCUT2D eigenvalue weighted by atomic mass is 15.2. The first kappa shape index (κ1) is 22.7. The molecule has 2 heteroatoms. The minimum atomic E-state index is -0.472. The number of fused-ring (bicyclic) bond motifs is 9. The lowest BCUT2D eigenvalue weighted by Crippen LogP contribution is -2.36. The molecule has 1 aliphatic carbocycles. The van der Waals surface area contributed by atoms with Crippen molar-refractivity contribution in [2.75, 3.05) is 4.90 Å². The van der Waals surface area contributed by atoms with Gasteiger partial charge >= 0.3 is 0 Å². The van der Waals surface area contributed by atoms with Crippen molar-refractivity contribution in [2.45, 2.75) is 5.41 Å². The van der Waals surface area contributed by atoms with Crippen LogP contribution in [-0.4, -0.2) is 6.21 Å². The summed E-state index contributed by atoms with van der Waals surface area (Å²) < 4.78 is 0. The molecular weight excluding hydrogens is 484 g/mol. The summed E-state index contributed by atoms with van der Waals surface area (Å²) in [6, 6.07) is 52.4. The molecule has 0 atom stereocenters. The van der Waals surface area contributed by atoms with Crippen molar-refractivity contribution in [3.8, 4) is 22.3 Å². The Labute approximate surface area is 234 Å². The van der Waals surface area contributed by atoms with Crippen LogP contribution in [-0.2, 0) is 5.41 Å². The van der Waals surface area contributed by atoms with Gasteiger partial charge in [-0.25, -0.2) is 0 Å². The van der Waals surface area contributed by atoms with Crippen LogP contribution in [0.3, 0.4) is 0 Å². The minimum Gasteiger partial charge on any atom is -0.310 e. The van der Waals surface area contributed by atoms with Crippen molar-refractivity contribution in [3.63, 3.8) is 0 Å². The number of nitrogens with zero attached hydrogens (tertiary/aromatic N) is 1. The van der Waals surface area contributed by atoms with Gasteiger partial charge in [0.1, 0.15) is 0 Å². The molecule has 1 aliphatic heterocycles. The molecule has 8 rings (SSSR count). The molecule has 0 aromatic heterocycles. The standard InChI is InChI=1S/C38H26N2/c39-25-27-12-4-5-15-29(27)26-22-23-31-30-16-6-7-17-32(30)38(35(31)24-26)33-18-8-10-20-36(33)40(28-13-2-1-3-14-28)37-21-11-9-19-34(37)38/h1-25,39H. The summed E-state index contributed by atoms with van der Waals surface area (Å²) in [4.78, 5) is 2.41. The average Bonchev–Trinajstić information content (AvgIpc) is 3.32. The first-order chi connectivity index (χ1) is 19.8. The first-order valence-corrected chi connectivity index (χ1v) is 13.7. The van der Waals surface area contributed by atoms with Gasteiger partial charge in [-0.15, -0.1) is 0 Å². The summed E-state index contributed by atoms with van der Waals surface area (Å²) in [7, 11) is 0. The number of anilines is 3. The van der Waals surface area contributed by atoms with Crippen LogP contribution in [0, 0.1) is 5.41 Å². The van der Waals surface area contributed by atoms with Gasteiger partial charge in [-0.3, -0.25) is 0 Å². The molecule has 1 heterocycles. The predicted molar refractivity (Wildman–Crippen MR) is 165 cm³/mol. The number of benzene rings is 6. The van der Waals surface area contributed by atoms with Crippen molar-refractivity contribution in [1.82, 2.24) is 0 Å². The van der Waals surface area contributed by atoms with Gasteiger partial charge in [-0.2, -0.15) is 0 Å². The molecule has 0 unspecified atom stereocenters. The van der Waals surface area contributed by atoms with Crippen LogP contribution < -0.4 is 4.90 Å². The molecule has 0 bridgehead atoms. The van der Waals surface area contributed by atoms with Crippen molar-refractivity contribution >= 4 is 23.3 Å². The maximum atomic E-state index is 8.05. The van der Waals surface area contributed by atoms with Gasteiger partial charge in [0.05, 0.1) is 16.8 Å². The fourth-order valence-electron chi connectivity index (χ4n) is 7.01. The number of hydrogen-bond acceptors (Lipinski definition) is 2. The molecule has 2 aliphatic rings. The van der Waals surface area contributed by atoms with Gasteiger partial charge in [-0.05, 0) is 80.4 Å². The van der Waals surface area contributed by atoms with Crippen LogP contribution in [0.2, 0.25) is 0 Å². The van der Waals surface area contributed by atoms with Crippen molar-refractivity contribution in [3.05, 3.63) is 173 Å². The average molecular weight is 511 g/mol. The van der Waals surface area contributed by atoms with E-state index in [1.165, 1.54) is 51.0 Å². The SMILES string of the molecule is N=Cc1ccccc1-c1ccc2c(c1)C1(c3ccccc3-2)c2ccccc2N(c2ccccc2)c2ccccc21. The lowest BCUT2D eigenvalue weighted by Gasteiger charge is -2.45. The van der Waals surface area contributed by atoms with E-state index in [1.807, 2.05) is 12.1 Å². The summed E-state index contributed by atoms with van der Waals surface area (Å²) in [5, 5.41) is 8.05. The second kappa shape index (κ2) is 8.65. The van der Waals surface area contributed by atoms with Gasteiger partial charge in [0.15, 0.2) is 0 Å². The van der Waals surface area contributed by atoms with E-state index in [9.17, 15) is 0 Å². The number of rotatable bonds is 3.